The summed E-state index contributed by atoms with van der Waals surface area (Å²) in [6.45, 7) is 3.84. The number of alkyl halides is 3. The highest BCUT2D eigenvalue weighted by Crippen LogP contribution is 2.24. The molecule has 1 heterocycles. The molecular weight excluding hydrogens is 369 g/mol. The molecule has 0 aliphatic heterocycles. The van der Waals surface area contributed by atoms with E-state index in [2.05, 4.69) is 15.5 Å². The van der Waals surface area contributed by atoms with Crippen LogP contribution in [0.4, 0.5) is 18.3 Å². The third kappa shape index (κ3) is 5.51. The molecule has 1 atom stereocenters. The molecule has 1 aromatic carbocycles. The number of carbonyl (C=O) groups excluding carboxylic acids is 2. The van der Waals surface area contributed by atoms with Crippen molar-refractivity contribution in [2.45, 2.75) is 38.4 Å². The van der Waals surface area contributed by atoms with Gasteiger partial charge >= 0.3 is 12.1 Å². The molecule has 140 valence electrons. The molecular formula is C16H17F3N4O2S. The summed E-state index contributed by atoms with van der Waals surface area (Å²) in [6.07, 6.45) is -5.41. The Morgan fingerprint density at radius 1 is 1.15 bits per heavy atom. The molecule has 0 aliphatic carbocycles. The van der Waals surface area contributed by atoms with E-state index in [1.54, 1.807) is 18.2 Å². The Morgan fingerprint density at radius 3 is 2.35 bits per heavy atom. The lowest BCUT2D eigenvalue weighted by Crippen LogP contribution is -2.40. The summed E-state index contributed by atoms with van der Waals surface area (Å²) >= 11 is 1.19. The summed E-state index contributed by atoms with van der Waals surface area (Å²) in [5.41, 5.74) is 0.389. The van der Waals surface area contributed by atoms with Crippen LogP contribution in [0, 0.1) is 0 Å². The van der Waals surface area contributed by atoms with Crippen LogP contribution in [-0.2, 0) is 9.59 Å². The lowest BCUT2D eigenvalue weighted by Gasteiger charge is -2.19. The van der Waals surface area contributed by atoms with Crippen molar-refractivity contribution in [3.63, 3.8) is 0 Å². The van der Waals surface area contributed by atoms with Gasteiger partial charge in [0.05, 0.1) is 12.5 Å². The smallest absolute Gasteiger partial charge is 0.341 e. The Bertz CT molecular complexity index is 762. The number of halogens is 3. The number of nitrogens with one attached hydrogen (secondary N) is 2. The lowest BCUT2D eigenvalue weighted by atomic mass is 10.0. The van der Waals surface area contributed by atoms with E-state index in [4.69, 9.17) is 0 Å². The first-order valence-corrected chi connectivity index (χ1v) is 8.54. The first-order chi connectivity index (χ1) is 12.2. The summed E-state index contributed by atoms with van der Waals surface area (Å²) in [6, 6.07) is 6.86. The van der Waals surface area contributed by atoms with E-state index < -0.39 is 24.0 Å². The molecule has 2 rings (SSSR count). The molecule has 0 radical (unpaired) electrons. The van der Waals surface area contributed by atoms with Gasteiger partial charge in [-0.2, -0.15) is 13.2 Å². The van der Waals surface area contributed by atoms with Gasteiger partial charge in [-0.05, 0) is 5.56 Å². The van der Waals surface area contributed by atoms with E-state index in [0.29, 0.717) is 5.56 Å². The van der Waals surface area contributed by atoms with Gasteiger partial charge in [-0.15, -0.1) is 10.2 Å². The Morgan fingerprint density at radius 2 is 1.81 bits per heavy atom. The standard InChI is InChI=1S/C16H17F3N4O2S/c1-9(2)13-22-23-15(26-13)21-12(24)8-11(10-6-4-3-5-7-10)20-14(25)16(17,18)19/h3-7,9,11H,8H2,1-2H3,(H,20,25)(H,21,23,24)/t11-/m1/s1. The van der Waals surface area contributed by atoms with Gasteiger partial charge < -0.3 is 10.6 Å². The maximum Gasteiger partial charge on any atom is 0.471 e. The number of hydrogen-bond donors (Lipinski definition) is 2. The molecule has 0 fully saturated rings. The Hall–Kier alpha value is -2.49. The average molecular weight is 386 g/mol. The molecule has 2 N–H and O–H groups in total. The maximum absolute atomic E-state index is 12.6. The molecule has 10 heteroatoms. The summed E-state index contributed by atoms with van der Waals surface area (Å²) < 4.78 is 37.7. The van der Waals surface area contributed by atoms with E-state index in [1.807, 2.05) is 19.2 Å². The number of amides is 2. The first-order valence-electron chi connectivity index (χ1n) is 7.72. The molecule has 1 aromatic heterocycles. The molecule has 6 nitrogen and oxygen atoms in total. The number of aromatic nitrogens is 2. The van der Waals surface area contributed by atoms with Crippen LogP contribution in [0.2, 0.25) is 0 Å². The largest absolute Gasteiger partial charge is 0.471 e. The molecule has 0 unspecified atom stereocenters. The van der Waals surface area contributed by atoms with Crippen molar-refractivity contribution >= 4 is 28.3 Å². The molecule has 0 spiro atoms. The zero-order chi connectivity index (χ0) is 19.3. The lowest BCUT2D eigenvalue weighted by molar-refractivity contribution is -0.174. The molecule has 0 aliphatic rings. The average Bonchev–Trinajstić information content (AvgIpc) is 3.02. The van der Waals surface area contributed by atoms with Crippen molar-refractivity contribution in [1.82, 2.24) is 15.5 Å². The summed E-state index contributed by atoms with van der Waals surface area (Å²) in [5.74, 6) is -2.54. The van der Waals surface area contributed by atoms with E-state index in [0.717, 1.165) is 5.01 Å². The molecule has 0 saturated heterocycles. The van der Waals surface area contributed by atoms with Crippen molar-refractivity contribution in [2.75, 3.05) is 5.32 Å². The van der Waals surface area contributed by atoms with Gasteiger partial charge in [-0.3, -0.25) is 9.59 Å². The highest BCUT2D eigenvalue weighted by molar-refractivity contribution is 7.15. The van der Waals surface area contributed by atoms with Crippen LogP contribution in [0.5, 0.6) is 0 Å². The number of hydrogen-bond acceptors (Lipinski definition) is 5. The van der Waals surface area contributed by atoms with Crippen molar-refractivity contribution in [3.05, 3.63) is 40.9 Å². The van der Waals surface area contributed by atoms with Crippen LogP contribution in [-0.4, -0.2) is 28.2 Å². The topological polar surface area (TPSA) is 84.0 Å². The van der Waals surface area contributed by atoms with Gasteiger partial charge in [0.1, 0.15) is 5.01 Å². The second kappa shape index (κ2) is 8.26. The summed E-state index contributed by atoms with van der Waals surface area (Å²) in [4.78, 5) is 23.5. The number of anilines is 1. The van der Waals surface area contributed by atoms with E-state index in [-0.39, 0.29) is 17.5 Å². The second-order valence-electron chi connectivity index (χ2n) is 5.79. The minimum absolute atomic E-state index is 0.140. The third-order valence-electron chi connectivity index (χ3n) is 3.34. The van der Waals surface area contributed by atoms with Crippen LogP contribution in [0.15, 0.2) is 30.3 Å². The van der Waals surface area contributed by atoms with Crippen LogP contribution < -0.4 is 10.6 Å². The Kier molecular flexibility index (Phi) is 6.30. The number of carbonyl (C=O) groups is 2. The Labute approximate surface area is 151 Å². The van der Waals surface area contributed by atoms with Crippen molar-refractivity contribution < 1.29 is 22.8 Å². The quantitative estimate of drug-likeness (QED) is 0.797. The molecule has 0 bridgehead atoms. The van der Waals surface area contributed by atoms with Gasteiger partial charge in [-0.25, -0.2) is 0 Å². The van der Waals surface area contributed by atoms with Crippen LogP contribution in [0.1, 0.15) is 42.8 Å². The fourth-order valence-corrected chi connectivity index (χ4v) is 2.81. The fourth-order valence-electron chi connectivity index (χ4n) is 2.05. The first kappa shape index (κ1) is 19.8. The third-order valence-corrected chi connectivity index (χ3v) is 4.47. The van der Waals surface area contributed by atoms with E-state index in [1.165, 1.54) is 23.5 Å². The number of nitrogens with zero attached hydrogens (tertiary/aromatic N) is 2. The summed E-state index contributed by atoms with van der Waals surface area (Å²) in [7, 11) is 0. The van der Waals surface area contributed by atoms with Gasteiger partial charge in [0.2, 0.25) is 11.0 Å². The molecule has 2 amide bonds. The van der Waals surface area contributed by atoms with E-state index in [9.17, 15) is 22.8 Å². The molecule has 2 aromatic rings. The predicted molar refractivity (Wildman–Crippen MR) is 90.6 cm³/mol. The zero-order valence-corrected chi connectivity index (χ0v) is 14.8. The van der Waals surface area contributed by atoms with Gasteiger partial charge in [0.25, 0.3) is 0 Å². The van der Waals surface area contributed by atoms with Crippen LogP contribution >= 0.6 is 11.3 Å². The van der Waals surface area contributed by atoms with Crippen molar-refractivity contribution in [2.24, 2.45) is 0 Å². The minimum atomic E-state index is -5.03. The zero-order valence-electron chi connectivity index (χ0n) is 14.0. The Balaban J connectivity index is 2.10. The SMILES string of the molecule is CC(C)c1nnc(NC(=O)C[C@@H](NC(=O)C(F)(F)F)c2ccccc2)s1. The highest BCUT2D eigenvalue weighted by atomic mass is 32.1. The second-order valence-corrected chi connectivity index (χ2v) is 6.80. The number of benzene rings is 1. The van der Waals surface area contributed by atoms with Crippen LogP contribution in [0.3, 0.4) is 0 Å². The fraction of sp³-hybridized carbons (Fsp3) is 0.375. The van der Waals surface area contributed by atoms with Crippen LogP contribution in [0.25, 0.3) is 0 Å². The monoisotopic (exact) mass is 386 g/mol. The van der Waals surface area contributed by atoms with Crippen molar-refractivity contribution in [3.8, 4) is 0 Å². The number of rotatable bonds is 6. The van der Waals surface area contributed by atoms with Gasteiger partial charge in [0, 0.05) is 5.92 Å². The maximum atomic E-state index is 12.6. The van der Waals surface area contributed by atoms with E-state index >= 15 is 0 Å². The van der Waals surface area contributed by atoms with Crippen molar-refractivity contribution in [1.29, 1.82) is 0 Å². The van der Waals surface area contributed by atoms with Gasteiger partial charge in [0.15, 0.2) is 0 Å². The highest BCUT2D eigenvalue weighted by Gasteiger charge is 2.40. The minimum Gasteiger partial charge on any atom is -0.341 e. The normalized spacial score (nSPS) is 12.7. The molecule has 26 heavy (non-hydrogen) atoms. The molecule has 0 saturated carbocycles. The summed E-state index contributed by atoms with van der Waals surface area (Å²) in [5, 5.41) is 13.1. The van der Waals surface area contributed by atoms with Gasteiger partial charge in [-0.1, -0.05) is 55.5 Å². The predicted octanol–water partition coefficient (Wildman–Crippen LogP) is 3.41.